The molecule has 3 rings (SSSR count). The standard InChI is InChI=1S/C20H15ClO6/c1-9(22)13(10(2)23)15-16(21)19(26)18(25)14-12(8-27-20(14)15)17(24)11-6-4-3-5-7-11/h3-8,22,25-26H,1-2H3/b13-9-. The van der Waals surface area contributed by atoms with Gasteiger partial charge in [-0.25, -0.2) is 0 Å². The maximum Gasteiger partial charge on any atom is 0.197 e. The molecule has 0 aliphatic rings. The van der Waals surface area contributed by atoms with Gasteiger partial charge in [-0.2, -0.15) is 0 Å². The largest absolute Gasteiger partial charge is 0.512 e. The van der Waals surface area contributed by atoms with Crippen molar-refractivity contribution in [2.75, 3.05) is 0 Å². The first-order chi connectivity index (χ1) is 12.8. The molecule has 0 unspecified atom stereocenters. The molecule has 0 amide bonds. The third-order valence-corrected chi connectivity index (χ3v) is 4.52. The topological polar surface area (TPSA) is 108 Å². The molecule has 27 heavy (non-hydrogen) atoms. The molecule has 7 heteroatoms. The minimum absolute atomic E-state index is 0.0135. The van der Waals surface area contributed by atoms with Crippen molar-refractivity contribution in [2.24, 2.45) is 0 Å². The van der Waals surface area contributed by atoms with Crippen molar-refractivity contribution in [3.8, 4) is 11.5 Å². The van der Waals surface area contributed by atoms with Crippen molar-refractivity contribution < 1.29 is 29.3 Å². The third-order valence-electron chi connectivity index (χ3n) is 4.15. The summed E-state index contributed by atoms with van der Waals surface area (Å²) >= 11 is 6.11. The van der Waals surface area contributed by atoms with E-state index in [4.69, 9.17) is 16.0 Å². The van der Waals surface area contributed by atoms with Crippen LogP contribution in [0.1, 0.15) is 35.3 Å². The molecular weight excluding hydrogens is 372 g/mol. The zero-order valence-electron chi connectivity index (χ0n) is 14.4. The second-order valence-electron chi connectivity index (χ2n) is 5.95. The number of fused-ring (bicyclic) bond motifs is 1. The number of carbonyl (C=O) groups excluding carboxylic acids is 2. The molecule has 1 aromatic heterocycles. The number of aromatic hydroxyl groups is 2. The van der Waals surface area contributed by atoms with Gasteiger partial charge in [-0.1, -0.05) is 41.9 Å². The number of carbonyl (C=O) groups is 2. The van der Waals surface area contributed by atoms with Crippen LogP contribution in [0.25, 0.3) is 16.5 Å². The van der Waals surface area contributed by atoms with Crippen LogP contribution in [0, 0.1) is 0 Å². The van der Waals surface area contributed by atoms with Crippen molar-refractivity contribution in [2.45, 2.75) is 13.8 Å². The Bertz CT molecular complexity index is 1100. The number of phenolic OH excluding ortho intramolecular Hbond substituents is 2. The number of hydrogen-bond acceptors (Lipinski definition) is 6. The third kappa shape index (κ3) is 2.94. The van der Waals surface area contributed by atoms with Crippen LogP contribution >= 0.6 is 11.6 Å². The molecule has 3 N–H and O–H groups in total. The summed E-state index contributed by atoms with van der Waals surface area (Å²) in [4.78, 5) is 24.8. The van der Waals surface area contributed by atoms with Gasteiger partial charge in [0.2, 0.25) is 0 Å². The Kier molecular flexibility index (Phi) is 4.68. The van der Waals surface area contributed by atoms with Crippen molar-refractivity contribution >= 4 is 39.7 Å². The van der Waals surface area contributed by atoms with Gasteiger partial charge in [-0.15, -0.1) is 0 Å². The molecule has 3 aromatic rings. The van der Waals surface area contributed by atoms with Crippen molar-refractivity contribution in [3.63, 3.8) is 0 Å². The van der Waals surface area contributed by atoms with Crippen LogP contribution in [-0.4, -0.2) is 26.9 Å². The van der Waals surface area contributed by atoms with Crippen LogP contribution in [-0.2, 0) is 4.79 Å². The van der Waals surface area contributed by atoms with Gasteiger partial charge >= 0.3 is 0 Å². The number of halogens is 1. The van der Waals surface area contributed by atoms with E-state index in [0.717, 1.165) is 6.26 Å². The second kappa shape index (κ2) is 6.81. The number of rotatable bonds is 4. The highest BCUT2D eigenvalue weighted by Gasteiger charge is 2.29. The number of hydrogen-bond donors (Lipinski definition) is 3. The van der Waals surface area contributed by atoms with Crippen LogP contribution in [0.15, 0.2) is 46.8 Å². The van der Waals surface area contributed by atoms with Crippen LogP contribution in [0.4, 0.5) is 0 Å². The highest BCUT2D eigenvalue weighted by atomic mass is 35.5. The number of aliphatic hydroxyl groups excluding tert-OH is 1. The van der Waals surface area contributed by atoms with E-state index >= 15 is 0 Å². The molecule has 0 spiro atoms. The van der Waals surface area contributed by atoms with E-state index in [-0.39, 0.29) is 38.5 Å². The predicted molar refractivity (Wildman–Crippen MR) is 100 cm³/mol. The van der Waals surface area contributed by atoms with Gasteiger partial charge in [0.1, 0.15) is 17.6 Å². The van der Waals surface area contributed by atoms with Crippen LogP contribution in [0.3, 0.4) is 0 Å². The number of benzene rings is 2. The molecule has 1 heterocycles. The van der Waals surface area contributed by atoms with E-state index in [1.54, 1.807) is 30.3 Å². The predicted octanol–water partition coefficient (Wildman–Crippen LogP) is 4.61. The first-order valence-electron chi connectivity index (χ1n) is 7.91. The Morgan fingerprint density at radius 2 is 1.67 bits per heavy atom. The monoisotopic (exact) mass is 386 g/mol. The number of furan rings is 1. The maximum absolute atomic E-state index is 12.8. The van der Waals surface area contributed by atoms with E-state index in [1.807, 2.05) is 0 Å². The lowest BCUT2D eigenvalue weighted by atomic mass is 9.95. The second-order valence-corrected chi connectivity index (χ2v) is 6.33. The molecule has 0 aliphatic carbocycles. The van der Waals surface area contributed by atoms with Gasteiger partial charge in [0.05, 0.1) is 27.1 Å². The lowest BCUT2D eigenvalue weighted by Crippen LogP contribution is -2.03. The van der Waals surface area contributed by atoms with E-state index in [9.17, 15) is 24.9 Å². The molecule has 6 nitrogen and oxygen atoms in total. The number of phenols is 2. The average Bonchev–Trinajstić information content (AvgIpc) is 3.07. The number of aliphatic hydroxyl groups is 1. The first-order valence-corrected chi connectivity index (χ1v) is 8.29. The average molecular weight is 387 g/mol. The fourth-order valence-corrected chi connectivity index (χ4v) is 3.23. The van der Waals surface area contributed by atoms with E-state index in [2.05, 4.69) is 0 Å². The summed E-state index contributed by atoms with van der Waals surface area (Å²) in [5.41, 5.74) is -0.0419. The minimum atomic E-state index is -0.720. The number of ketones is 2. The van der Waals surface area contributed by atoms with Gasteiger partial charge in [-0.05, 0) is 13.8 Å². The Balaban J connectivity index is 2.39. The van der Waals surface area contributed by atoms with E-state index in [1.165, 1.54) is 13.8 Å². The Morgan fingerprint density at radius 3 is 2.22 bits per heavy atom. The molecule has 2 aromatic carbocycles. The van der Waals surface area contributed by atoms with E-state index < -0.39 is 23.1 Å². The summed E-state index contributed by atoms with van der Waals surface area (Å²) in [6.07, 6.45) is 1.11. The summed E-state index contributed by atoms with van der Waals surface area (Å²) in [7, 11) is 0. The molecule has 0 aliphatic heterocycles. The fraction of sp³-hybridized carbons (Fsp3) is 0.100. The quantitative estimate of drug-likeness (QED) is 0.261. The normalized spacial score (nSPS) is 12.1. The molecule has 0 radical (unpaired) electrons. The van der Waals surface area contributed by atoms with Crippen molar-refractivity contribution in [1.29, 1.82) is 0 Å². The zero-order chi connectivity index (χ0) is 19.9. The molecule has 0 saturated heterocycles. The van der Waals surface area contributed by atoms with Crippen LogP contribution < -0.4 is 0 Å². The van der Waals surface area contributed by atoms with Gasteiger partial charge in [-0.3, -0.25) is 9.59 Å². The van der Waals surface area contributed by atoms with Gasteiger partial charge in [0.15, 0.2) is 23.1 Å². The lowest BCUT2D eigenvalue weighted by molar-refractivity contribution is -0.111. The van der Waals surface area contributed by atoms with Crippen molar-refractivity contribution in [3.05, 3.63) is 64.1 Å². The zero-order valence-corrected chi connectivity index (χ0v) is 15.2. The fourth-order valence-electron chi connectivity index (χ4n) is 2.96. The maximum atomic E-state index is 12.8. The molecule has 0 atom stereocenters. The molecule has 0 bridgehead atoms. The first kappa shape index (κ1) is 18.5. The highest BCUT2D eigenvalue weighted by molar-refractivity contribution is 6.39. The van der Waals surface area contributed by atoms with Gasteiger partial charge < -0.3 is 19.7 Å². The van der Waals surface area contributed by atoms with Crippen LogP contribution in [0.2, 0.25) is 5.02 Å². The summed E-state index contributed by atoms with van der Waals surface area (Å²) < 4.78 is 5.45. The Hall–Kier alpha value is -3.25. The summed E-state index contributed by atoms with van der Waals surface area (Å²) in [5, 5.41) is 30.1. The molecule has 138 valence electrons. The number of allylic oxidation sites excluding steroid dienone is 2. The summed E-state index contributed by atoms with van der Waals surface area (Å²) in [6.45, 7) is 2.49. The van der Waals surface area contributed by atoms with Gasteiger partial charge in [0, 0.05) is 5.56 Å². The van der Waals surface area contributed by atoms with Gasteiger partial charge in [0.25, 0.3) is 0 Å². The summed E-state index contributed by atoms with van der Waals surface area (Å²) in [5.74, 6) is -2.70. The highest BCUT2D eigenvalue weighted by Crippen LogP contribution is 2.48. The Morgan fingerprint density at radius 1 is 1.04 bits per heavy atom. The molecular formula is C20H15ClO6. The van der Waals surface area contributed by atoms with Crippen LogP contribution in [0.5, 0.6) is 11.5 Å². The SMILES string of the molecule is CC(=O)/C(=C(\C)O)c1c(Cl)c(O)c(O)c2c(C(=O)c3ccccc3)coc12. The molecule has 0 fully saturated rings. The van der Waals surface area contributed by atoms with E-state index in [0.29, 0.717) is 5.56 Å². The smallest absolute Gasteiger partial charge is 0.197 e. The van der Waals surface area contributed by atoms with Crippen molar-refractivity contribution in [1.82, 2.24) is 0 Å². The lowest BCUT2D eigenvalue weighted by Gasteiger charge is -2.12. The summed E-state index contributed by atoms with van der Waals surface area (Å²) in [6, 6.07) is 8.29. The molecule has 0 saturated carbocycles. The minimum Gasteiger partial charge on any atom is -0.512 e. The Labute approximate surface area is 158 Å². The number of Topliss-reactive ketones (excluding diaryl/α,β-unsaturated/α-hetero) is 1.